The molecular formula is C16H20BrN3O. The van der Waals surface area contributed by atoms with Crippen LogP contribution in [0.25, 0.3) is 10.9 Å². The van der Waals surface area contributed by atoms with Crippen molar-refractivity contribution >= 4 is 32.7 Å². The van der Waals surface area contributed by atoms with Crippen LogP contribution in [-0.2, 0) is 4.74 Å². The van der Waals surface area contributed by atoms with Gasteiger partial charge in [0, 0.05) is 35.5 Å². The van der Waals surface area contributed by atoms with E-state index in [0.717, 1.165) is 54.0 Å². The predicted molar refractivity (Wildman–Crippen MR) is 89.8 cm³/mol. The van der Waals surface area contributed by atoms with Crippen molar-refractivity contribution in [3.63, 3.8) is 0 Å². The third-order valence-corrected chi connectivity index (χ3v) is 4.56. The molecule has 3 rings (SSSR count). The Morgan fingerprint density at radius 2 is 2.10 bits per heavy atom. The number of rotatable bonds is 4. The van der Waals surface area contributed by atoms with Crippen LogP contribution >= 0.6 is 15.9 Å². The van der Waals surface area contributed by atoms with E-state index >= 15 is 0 Å². The maximum Gasteiger partial charge on any atom is 0.126 e. The van der Waals surface area contributed by atoms with Gasteiger partial charge in [-0.2, -0.15) is 0 Å². The SMILES string of the molecule is CC(CNc1ccc2cccc(Br)c2n1)N1CCOCC1. The number of anilines is 1. The second-order valence-corrected chi connectivity index (χ2v) is 6.24. The van der Waals surface area contributed by atoms with E-state index < -0.39 is 0 Å². The fourth-order valence-electron chi connectivity index (χ4n) is 2.61. The summed E-state index contributed by atoms with van der Waals surface area (Å²) in [6, 6.07) is 10.8. The summed E-state index contributed by atoms with van der Waals surface area (Å²) >= 11 is 3.56. The van der Waals surface area contributed by atoms with Gasteiger partial charge < -0.3 is 10.1 Å². The lowest BCUT2D eigenvalue weighted by atomic mass is 10.2. The molecule has 1 unspecified atom stereocenters. The van der Waals surface area contributed by atoms with Crippen LogP contribution in [0, 0.1) is 0 Å². The average Bonchev–Trinajstić information content (AvgIpc) is 2.54. The molecule has 0 amide bonds. The molecule has 2 heterocycles. The standard InChI is InChI=1S/C16H20BrN3O/c1-12(20-7-9-21-10-8-20)11-18-15-6-5-13-3-2-4-14(17)16(13)19-15/h2-6,12H,7-11H2,1H3,(H,18,19). The van der Waals surface area contributed by atoms with Crippen LogP contribution in [0.1, 0.15) is 6.92 Å². The fourth-order valence-corrected chi connectivity index (χ4v) is 3.08. The topological polar surface area (TPSA) is 37.4 Å². The van der Waals surface area contributed by atoms with Crippen molar-refractivity contribution in [1.82, 2.24) is 9.88 Å². The van der Waals surface area contributed by atoms with Crippen molar-refractivity contribution in [2.24, 2.45) is 0 Å². The summed E-state index contributed by atoms with van der Waals surface area (Å²) in [6.07, 6.45) is 0. The van der Waals surface area contributed by atoms with Crippen LogP contribution < -0.4 is 5.32 Å². The zero-order chi connectivity index (χ0) is 14.7. The lowest BCUT2D eigenvalue weighted by Crippen LogP contribution is -2.45. The van der Waals surface area contributed by atoms with Gasteiger partial charge in [-0.05, 0) is 41.1 Å². The number of morpholine rings is 1. The summed E-state index contributed by atoms with van der Waals surface area (Å²) in [4.78, 5) is 7.14. The lowest BCUT2D eigenvalue weighted by Gasteiger charge is -2.32. The van der Waals surface area contributed by atoms with Crippen LogP contribution in [-0.4, -0.2) is 48.8 Å². The van der Waals surface area contributed by atoms with Crippen LogP contribution in [0.3, 0.4) is 0 Å². The highest BCUT2D eigenvalue weighted by molar-refractivity contribution is 9.10. The maximum absolute atomic E-state index is 5.39. The third kappa shape index (κ3) is 3.54. The zero-order valence-corrected chi connectivity index (χ0v) is 13.8. The number of hydrogen-bond acceptors (Lipinski definition) is 4. The molecule has 1 saturated heterocycles. The largest absolute Gasteiger partial charge is 0.379 e. The molecule has 1 aliphatic heterocycles. The number of hydrogen-bond donors (Lipinski definition) is 1. The predicted octanol–water partition coefficient (Wildman–Crippen LogP) is 3.13. The van der Waals surface area contributed by atoms with Gasteiger partial charge in [0.1, 0.15) is 5.82 Å². The van der Waals surface area contributed by atoms with Crippen molar-refractivity contribution in [3.05, 3.63) is 34.8 Å². The highest BCUT2D eigenvalue weighted by Gasteiger charge is 2.16. The summed E-state index contributed by atoms with van der Waals surface area (Å²) in [5.41, 5.74) is 1.00. The Balaban J connectivity index is 1.66. The minimum Gasteiger partial charge on any atom is -0.379 e. The van der Waals surface area contributed by atoms with Crippen molar-refractivity contribution in [3.8, 4) is 0 Å². The Bertz CT molecular complexity index is 613. The number of nitrogens with one attached hydrogen (secondary N) is 1. The number of pyridine rings is 1. The summed E-state index contributed by atoms with van der Waals surface area (Å²) < 4.78 is 6.43. The van der Waals surface area contributed by atoms with Crippen molar-refractivity contribution in [1.29, 1.82) is 0 Å². The van der Waals surface area contributed by atoms with E-state index in [4.69, 9.17) is 9.72 Å². The monoisotopic (exact) mass is 349 g/mol. The molecule has 1 aromatic heterocycles. The average molecular weight is 350 g/mol. The maximum atomic E-state index is 5.39. The van der Waals surface area contributed by atoms with E-state index in [9.17, 15) is 0 Å². The van der Waals surface area contributed by atoms with Gasteiger partial charge in [-0.15, -0.1) is 0 Å². The van der Waals surface area contributed by atoms with Gasteiger partial charge in [-0.3, -0.25) is 4.90 Å². The number of aromatic nitrogens is 1. The molecule has 0 spiro atoms. The minimum absolute atomic E-state index is 0.477. The number of halogens is 1. The molecule has 1 N–H and O–H groups in total. The second-order valence-electron chi connectivity index (χ2n) is 5.39. The molecule has 21 heavy (non-hydrogen) atoms. The molecule has 2 aromatic rings. The minimum atomic E-state index is 0.477. The van der Waals surface area contributed by atoms with Gasteiger partial charge in [-0.25, -0.2) is 4.98 Å². The van der Waals surface area contributed by atoms with Gasteiger partial charge in [0.2, 0.25) is 0 Å². The smallest absolute Gasteiger partial charge is 0.126 e. The van der Waals surface area contributed by atoms with Gasteiger partial charge in [0.25, 0.3) is 0 Å². The highest BCUT2D eigenvalue weighted by atomic mass is 79.9. The molecule has 1 aliphatic rings. The molecule has 1 atom stereocenters. The van der Waals surface area contributed by atoms with Gasteiger partial charge in [-0.1, -0.05) is 12.1 Å². The van der Waals surface area contributed by atoms with Crippen LogP contribution in [0.4, 0.5) is 5.82 Å². The van der Waals surface area contributed by atoms with Gasteiger partial charge in [0.05, 0.1) is 18.7 Å². The summed E-state index contributed by atoms with van der Waals surface area (Å²) in [6.45, 7) is 6.84. The first kappa shape index (κ1) is 14.8. The number of benzene rings is 1. The Morgan fingerprint density at radius 3 is 2.90 bits per heavy atom. The molecule has 112 valence electrons. The van der Waals surface area contributed by atoms with Gasteiger partial charge >= 0.3 is 0 Å². The molecule has 5 heteroatoms. The number of para-hydroxylation sites is 1. The van der Waals surface area contributed by atoms with E-state index in [-0.39, 0.29) is 0 Å². The second kappa shape index (κ2) is 6.73. The normalized spacial score (nSPS) is 17.8. The molecule has 0 saturated carbocycles. The first-order chi connectivity index (χ1) is 10.2. The third-order valence-electron chi connectivity index (χ3n) is 3.92. The Labute approximate surface area is 133 Å². The molecule has 0 radical (unpaired) electrons. The first-order valence-electron chi connectivity index (χ1n) is 7.35. The molecule has 0 aliphatic carbocycles. The van der Waals surface area contributed by atoms with Crippen molar-refractivity contribution < 1.29 is 4.74 Å². The summed E-state index contributed by atoms with van der Waals surface area (Å²) in [5.74, 6) is 0.925. The fraction of sp³-hybridized carbons (Fsp3) is 0.438. The van der Waals surface area contributed by atoms with Crippen molar-refractivity contribution in [2.45, 2.75) is 13.0 Å². The van der Waals surface area contributed by atoms with E-state index in [1.165, 1.54) is 0 Å². The van der Waals surface area contributed by atoms with Crippen LogP contribution in [0.5, 0.6) is 0 Å². The summed E-state index contributed by atoms with van der Waals surface area (Å²) in [7, 11) is 0. The Morgan fingerprint density at radius 1 is 1.29 bits per heavy atom. The van der Waals surface area contributed by atoms with Crippen molar-refractivity contribution in [2.75, 3.05) is 38.2 Å². The van der Waals surface area contributed by atoms with E-state index in [1.807, 2.05) is 18.2 Å². The quantitative estimate of drug-likeness (QED) is 0.919. The van der Waals surface area contributed by atoms with Gasteiger partial charge in [0.15, 0.2) is 0 Å². The molecule has 0 bridgehead atoms. The highest BCUT2D eigenvalue weighted by Crippen LogP contribution is 2.23. The molecule has 1 fully saturated rings. The van der Waals surface area contributed by atoms with E-state index in [1.54, 1.807) is 0 Å². The Hall–Kier alpha value is -1.17. The number of ether oxygens (including phenoxy) is 1. The zero-order valence-electron chi connectivity index (χ0n) is 12.2. The lowest BCUT2D eigenvalue weighted by molar-refractivity contribution is 0.0227. The summed E-state index contributed by atoms with van der Waals surface area (Å²) in [5, 5.41) is 4.60. The Kier molecular flexibility index (Phi) is 4.73. The molecule has 1 aromatic carbocycles. The first-order valence-corrected chi connectivity index (χ1v) is 8.14. The molecular weight excluding hydrogens is 330 g/mol. The molecule has 4 nitrogen and oxygen atoms in total. The number of nitrogens with zero attached hydrogens (tertiary/aromatic N) is 2. The van der Waals surface area contributed by atoms with Crippen LogP contribution in [0.2, 0.25) is 0 Å². The van der Waals surface area contributed by atoms with E-state index in [2.05, 4.69) is 45.2 Å². The number of fused-ring (bicyclic) bond motifs is 1. The van der Waals surface area contributed by atoms with E-state index in [0.29, 0.717) is 6.04 Å². The van der Waals surface area contributed by atoms with Crippen LogP contribution in [0.15, 0.2) is 34.8 Å².